The molecule has 1 fully saturated rings. The molecule has 1 aromatic rings. The molecule has 1 saturated carbocycles. The average Bonchev–Trinajstić information content (AvgIpc) is 2.47. The number of nitrogens with one attached hydrogen (secondary N) is 2. The molecule has 0 unspecified atom stereocenters. The zero-order valence-corrected chi connectivity index (χ0v) is 12.6. The Hall–Kier alpha value is -1.35. The van der Waals surface area contributed by atoms with Crippen molar-refractivity contribution in [1.82, 2.24) is 5.32 Å². The van der Waals surface area contributed by atoms with Crippen molar-refractivity contribution in [2.24, 2.45) is 5.92 Å². The van der Waals surface area contributed by atoms with E-state index in [1.807, 2.05) is 12.1 Å². The summed E-state index contributed by atoms with van der Waals surface area (Å²) in [6.45, 7) is 5.14. The second-order valence-electron chi connectivity index (χ2n) is 6.06. The molecule has 0 heterocycles. The molecule has 2 rings (SSSR count). The second-order valence-corrected chi connectivity index (χ2v) is 6.06. The molecular formula is C17H26N2O. The van der Waals surface area contributed by atoms with Crippen LogP contribution in [0, 0.1) is 5.92 Å². The SMILES string of the molecule is CC(C)NCc1ccc(NC(=O)C2CCCCC2)cc1. The summed E-state index contributed by atoms with van der Waals surface area (Å²) in [6.07, 6.45) is 5.75. The van der Waals surface area contributed by atoms with Gasteiger partial charge in [0, 0.05) is 24.2 Å². The van der Waals surface area contributed by atoms with Crippen LogP contribution in [0.5, 0.6) is 0 Å². The molecular weight excluding hydrogens is 248 g/mol. The number of carbonyl (C=O) groups is 1. The van der Waals surface area contributed by atoms with E-state index in [2.05, 4.69) is 36.6 Å². The highest BCUT2D eigenvalue weighted by molar-refractivity contribution is 5.92. The van der Waals surface area contributed by atoms with E-state index in [0.717, 1.165) is 25.1 Å². The number of benzene rings is 1. The van der Waals surface area contributed by atoms with Crippen molar-refractivity contribution in [3.8, 4) is 0 Å². The molecule has 0 spiro atoms. The number of hydrogen-bond acceptors (Lipinski definition) is 2. The Morgan fingerprint density at radius 1 is 1.15 bits per heavy atom. The van der Waals surface area contributed by atoms with Gasteiger partial charge in [0.05, 0.1) is 0 Å². The van der Waals surface area contributed by atoms with Crippen LogP contribution in [0.2, 0.25) is 0 Å². The Bertz CT molecular complexity index is 419. The van der Waals surface area contributed by atoms with Crippen molar-refractivity contribution in [2.45, 2.75) is 58.5 Å². The summed E-state index contributed by atoms with van der Waals surface area (Å²) in [7, 11) is 0. The number of carbonyl (C=O) groups excluding carboxylic acids is 1. The maximum Gasteiger partial charge on any atom is 0.227 e. The summed E-state index contributed by atoms with van der Waals surface area (Å²) in [6, 6.07) is 8.63. The first-order valence-corrected chi connectivity index (χ1v) is 7.78. The predicted molar refractivity (Wildman–Crippen MR) is 83.6 cm³/mol. The van der Waals surface area contributed by atoms with Gasteiger partial charge in [-0.2, -0.15) is 0 Å². The highest BCUT2D eigenvalue weighted by atomic mass is 16.1. The van der Waals surface area contributed by atoms with Crippen molar-refractivity contribution < 1.29 is 4.79 Å². The highest BCUT2D eigenvalue weighted by Gasteiger charge is 2.20. The minimum absolute atomic E-state index is 0.192. The Kier molecular flexibility index (Phi) is 5.60. The lowest BCUT2D eigenvalue weighted by atomic mass is 9.88. The van der Waals surface area contributed by atoms with Crippen LogP contribution < -0.4 is 10.6 Å². The summed E-state index contributed by atoms with van der Waals surface area (Å²) in [5.41, 5.74) is 2.16. The summed E-state index contributed by atoms with van der Waals surface area (Å²) in [4.78, 5) is 12.1. The Morgan fingerprint density at radius 3 is 2.40 bits per heavy atom. The normalized spacial score (nSPS) is 16.4. The van der Waals surface area contributed by atoms with Crippen molar-refractivity contribution in [3.63, 3.8) is 0 Å². The zero-order valence-electron chi connectivity index (χ0n) is 12.6. The van der Waals surface area contributed by atoms with E-state index in [9.17, 15) is 4.79 Å². The lowest BCUT2D eigenvalue weighted by Gasteiger charge is -2.20. The van der Waals surface area contributed by atoms with Crippen molar-refractivity contribution >= 4 is 11.6 Å². The fourth-order valence-corrected chi connectivity index (χ4v) is 2.64. The van der Waals surface area contributed by atoms with E-state index in [1.54, 1.807) is 0 Å². The molecule has 0 radical (unpaired) electrons. The van der Waals surface area contributed by atoms with Crippen LogP contribution in [-0.2, 0) is 11.3 Å². The summed E-state index contributed by atoms with van der Waals surface area (Å²) < 4.78 is 0. The van der Waals surface area contributed by atoms with Gasteiger partial charge in [0.25, 0.3) is 0 Å². The predicted octanol–water partition coefficient (Wildman–Crippen LogP) is 3.70. The molecule has 2 N–H and O–H groups in total. The van der Waals surface area contributed by atoms with Crippen LogP contribution in [0.4, 0.5) is 5.69 Å². The van der Waals surface area contributed by atoms with Crippen molar-refractivity contribution in [2.75, 3.05) is 5.32 Å². The van der Waals surface area contributed by atoms with Gasteiger partial charge in [-0.15, -0.1) is 0 Å². The van der Waals surface area contributed by atoms with Gasteiger partial charge in [0.15, 0.2) is 0 Å². The highest BCUT2D eigenvalue weighted by Crippen LogP contribution is 2.25. The second kappa shape index (κ2) is 7.44. The van der Waals surface area contributed by atoms with Crippen LogP contribution in [-0.4, -0.2) is 11.9 Å². The van der Waals surface area contributed by atoms with E-state index < -0.39 is 0 Å². The number of hydrogen-bond donors (Lipinski definition) is 2. The van der Waals surface area contributed by atoms with Crippen LogP contribution in [0.1, 0.15) is 51.5 Å². The van der Waals surface area contributed by atoms with E-state index in [4.69, 9.17) is 0 Å². The quantitative estimate of drug-likeness (QED) is 0.859. The Labute approximate surface area is 122 Å². The first-order chi connectivity index (χ1) is 9.65. The topological polar surface area (TPSA) is 41.1 Å². The molecule has 0 saturated heterocycles. The van der Waals surface area contributed by atoms with Crippen molar-refractivity contribution in [1.29, 1.82) is 0 Å². The number of anilines is 1. The zero-order chi connectivity index (χ0) is 14.4. The first-order valence-electron chi connectivity index (χ1n) is 7.78. The lowest BCUT2D eigenvalue weighted by Crippen LogP contribution is -2.24. The van der Waals surface area contributed by atoms with Gasteiger partial charge in [-0.25, -0.2) is 0 Å². The fraction of sp³-hybridized carbons (Fsp3) is 0.588. The van der Waals surface area contributed by atoms with Crippen LogP contribution in [0.3, 0.4) is 0 Å². The molecule has 0 bridgehead atoms. The Morgan fingerprint density at radius 2 is 1.80 bits per heavy atom. The van der Waals surface area contributed by atoms with E-state index >= 15 is 0 Å². The van der Waals surface area contributed by atoms with Crippen LogP contribution >= 0.6 is 0 Å². The van der Waals surface area contributed by atoms with E-state index in [1.165, 1.54) is 24.8 Å². The third-order valence-electron chi connectivity index (χ3n) is 3.91. The molecule has 1 aromatic carbocycles. The standard InChI is InChI=1S/C17H26N2O/c1-13(2)18-12-14-8-10-16(11-9-14)19-17(20)15-6-4-3-5-7-15/h8-11,13,15,18H,3-7,12H2,1-2H3,(H,19,20). The van der Waals surface area contributed by atoms with Gasteiger partial charge in [-0.3, -0.25) is 4.79 Å². The molecule has 0 aliphatic heterocycles. The van der Waals surface area contributed by atoms with Gasteiger partial charge in [-0.1, -0.05) is 45.2 Å². The maximum atomic E-state index is 12.1. The van der Waals surface area contributed by atoms with Gasteiger partial charge in [0.2, 0.25) is 5.91 Å². The monoisotopic (exact) mass is 274 g/mol. The van der Waals surface area contributed by atoms with Crippen LogP contribution in [0.25, 0.3) is 0 Å². The van der Waals surface area contributed by atoms with E-state index in [0.29, 0.717) is 6.04 Å². The van der Waals surface area contributed by atoms with E-state index in [-0.39, 0.29) is 11.8 Å². The molecule has 0 atom stereocenters. The summed E-state index contributed by atoms with van der Waals surface area (Å²) in [5, 5.41) is 6.43. The summed E-state index contributed by atoms with van der Waals surface area (Å²) in [5.74, 6) is 0.406. The molecule has 0 aromatic heterocycles. The van der Waals surface area contributed by atoms with Gasteiger partial charge < -0.3 is 10.6 Å². The Balaban J connectivity index is 1.84. The lowest BCUT2D eigenvalue weighted by molar-refractivity contribution is -0.120. The average molecular weight is 274 g/mol. The first kappa shape index (κ1) is 15.0. The molecule has 110 valence electrons. The fourth-order valence-electron chi connectivity index (χ4n) is 2.64. The minimum atomic E-state index is 0.192. The number of amides is 1. The molecule has 1 amide bonds. The molecule has 1 aliphatic rings. The molecule has 3 nitrogen and oxygen atoms in total. The third-order valence-corrected chi connectivity index (χ3v) is 3.91. The van der Waals surface area contributed by atoms with Gasteiger partial charge >= 0.3 is 0 Å². The van der Waals surface area contributed by atoms with Crippen molar-refractivity contribution in [3.05, 3.63) is 29.8 Å². The molecule has 20 heavy (non-hydrogen) atoms. The molecule has 3 heteroatoms. The van der Waals surface area contributed by atoms with Crippen LogP contribution in [0.15, 0.2) is 24.3 Å². The van der Waals surface area contributed by atoms with Gasteiger partial charge in [-0.05, 0) is 30.5 Å². The van der Waals surface area contributed by atoms with Gasteiger partial charge in [0.1, 0.15) is 0 Å². The smallest absolute Gasteiger partial charge is 0.227 e. The summed E-state index contributed by atoms with van der Waals surface area (Å²) >= 11 is 0. The third kappa shape index (κ3) is 4.64. The maximum absolute atomic E-state index is 12.1. The minimum Gasteiger partial charge on any atom is -0.326 e. The number of rotatable bonds is 5. The molecule has 1 aliphatic carbocycles. The largest absolute Gasteiger partial charge is 0.326 e.